The normalized spacial score (nSPS) is 13.8. The first-order valence-corrected chi connectivity index (χ1v) is 7.52. The van der Waals surface area contributed by atoms with Crippen molar-refractivity contribution in [3.8, 4) is 0 Å². The predicted molar refractivity (Wildman–Crippen MR) is 74.1 cm³/mol. The Labute approximate surface area is 117 Å². The summed E-state index contributed by atoms with van der Waals surface area (Å²) in [6.45, 7) is 0.610. The van der Waals surface area contributed by atoms with Crippen molar-refractivity contribution in [2.45, 2.75) is 18.9 Å². The Kier molecular flexibility index (Phi) is 5.04. The van der Waals surface area contributed by atoms with Crippen LogP contribution in [0, 0.1) is 0 Å². The molecule has 0 radical (unpaired) electrons. The van der Waals surface area contributed by atoms with Gasteiger partial charge in [-0.2, -0.15) is 0 Å². The van der Waals surface area contributed by atoms with Crippen LogP contribution in [-0.2, 0) is 9.53 Å². The summed E-state index contributed by atoms with van der Waals surface area (Å²) in [6.07, 6.45) is 1.36. The fraction of sp³-hybridized carbons (Fsp3) is 0.417. The molecule has 102 valence electrons. The molecule has 0 saturated heterocycles. The number of ether oxygens (including phenoxy) is 1. The molecular formula is C12H16N4O2Se. The van der Waals surface area contributed by atoms with Crippen LogP contribution in [0.15, 0.2) is 26.1 Å². The fourth-order valence-electron chi connectivity index (χ4n) is 1.71. The third kappa shape index (κ3) is 3.61. The summed E-state index contributed by atoms with van der Waals surface area (Å²) < 4.78 is 13.5. The SMILES string of the molecule is COCCCC(N)C(=O)Nc1cccc2c1N=[Se]=N2. The number of hydrogen-bond acceptors (Lipinski definition) is 5. The topological polar surface area (TPSA) is 89.1 Å². The van der Waals surface area contributed by atoms with Gasteiger partial charge in [-0.15, -0.1) is 0 Å². The van der Waals surface area contributed by atoms with Gasteiger partial charge in [0, 0.05) is 0 Å². The van der Waals surface area contributed by atoms with Crippen LogP contribution in [0.3, 0.4) is 0 Å². The average molecular weight is 327 g/mol. The molecule has 7 heteroatoms. The molecule has 1 amide bonds. The number of amides is 1. The van der Waals surface area contributed by atoms with Crippen LogP contribution in [0.25, 0.3) is 0 Å². The Morgan fingerprint density at radius 2 is 2.37 bits per heavy atom. The number of fused-ring (bicyclic) bond motifs is 1. The second-order valence-electron chi connectivity index (χ2n) is 4.17. The van der Waals surface area contributed by atoms with Crippen LogP contribution >= 0.6 is 0 Å². The molecule has 1 aromatic rings. The number of anilines is 1. The number of hydrogen-bond donors (Lipinski definition) is 2. The number of rotatable bonds is 6. The van der Waals surface area contributed by atoms with E-state index in [1.165, 1.54) is 0 Å². The summed E-state index contributed by atoms with van der Waals surface area (Å²) in [4.78, 5) is 12.0. The summed E-state index contributed by atoms with van der Waals surface area (Å²) in [7, 11) is 1.63. The van der Waals surface area contributed by atoms with Crippen LogP contribution in [0.1, 0.15) is 12.8 Å². The number of nitrogens with zero attached hydrogens (tertiary/aromatic N) is 2. The van der Waals surface area contributed by atoms with E-state index in [9.17, 15) is 4.79 Å². The van der Waals surface area contributed by atoms with Gasteiger partial charge in [-0.3, -0.25) is 0 Å². The molecule has 1 unspecified atom stereocenters. The first kappa shape index (κ1) is 14.1. The Morgan fingerprint density at radius 1 is 1.53 bits per heavy atom. The summed E-state index contributed by atoms with van der Waals surface area (Å²) >= 11 is -0.107. The van der Waals surface area contributed by atoms with Crippen molar-refractivity contribution in [2.75, 3.05) is 19.0 Å². The van der Waals surface area contributed by atoms with E-state index in [-0.39, 0.29) is 20.5 Å². The Balaban J connectivity index is 1.96. The number of methoxy groups -OCH3 is 1. The predicted octanol–water partition coefficient (Wildman–Crippen LogP) is 1.73. The van der Waals surface area contributed by atoms with Gasteiger partial charge in [0.2, 0.25) is 0 Å². The first-order valence-electron chi connectivity index (χ1n) is 5.99. The molecule has 0 fully saturated rings. The van der Waals surface area contributed by atoms with Crippen molar-refractivity contribution in [1.29, 1.82) is 0 Å². The third-order valence-electron chi connectivity index (χ3n) is 2.74. The number of benzene rings is 1. The first-order chi connectivity index (χ1) is 9.22. The van der Waals surface area contributed by atoms with Crippen molar-refractivity contribution < 1.29 is 9.53 Å². The van der Waals surface area contributed by atoms with Crippen molar-refractivity contribution in [3.63, 3.8) is 0 Å². The van der Waals surface area contributed by atoms with Gasteiger partial charge in [0.25, 0.3) is 0 Å². The quantitative estimate of drug-likeness (QED) is 0.625. The monoisotopic (exact) mass is 328 g/mol. The average Bonchev–Trinajstić information content (AvgIpc) is 2.88. The van der Waals surface area contributed by atoms with E-state index in [0.717, 1.165) is 17.8 Å². The van der Waals surface area contributed by atoms with Gasteiger partial charge in [-0.05, 0) is 0 Å². The van der Waals surface area contributed by atoms with E-state index in [1.54, 1.807) is 7.11 Å². The molecule has 19 heavy (non-hydrogen) atoms. The van der Waals surface area contributed by atoms with Crippen molar-refractivity contribution in [2.24, 2.45) is 13.7 Å². The molecule has 3 N–H and O–H groups in total. The molecule has 0 aromatic heterocycles. The minimum atomic E-state index is -0.533. The van der Waals surface area contributed by atoms with E-state index in [4.69, 9.17) is 10.5 Å². The van der Waals surface area contributed by atoms with Crippen molar-refractivity contribution in [3.05, 3.63) is 18.2 Å². The van der Waals surface area contributed by atoms with Gasteiger partial charge in [0.05, 0.1) is 0 Å². The molecular weight excluding hydrogens is 311 g/mol. The number of nitrogens with two attached hydrogens (primary N) is 1. The zero-order valence-corrected chi connectivity index (χ0v) is 12.3. The van der Waals surface area contributed by atoms with Crippen LogP contribution < -0.4 is 11.1 Å². The van der Waals surface area contributed by atoms with Gasteiger partial charge in [-0.25, -0.2) is 0 Å². The molecule has 0 bridgehead atoms. The van der Waals surface area contributed by atoms with Crippen LogP contribution in [-0.4, -0.2) is 40.2 Å². The summed E-state index contributed by atoms with van der Waals surface area (Å²) in [5, 5.41) is 2.82. The van der Waals surface area contributed by atoms with Gasteiger partial charge in [0.1, 0.15) is 0 Å². The van der Waals surface area contributed by atoms with Crippen molar-refractivity contribution >= 4 is 37.5 Å². The maximum atomic E-state index is 12.0. The van der Waals surface area contributed by atoms with E-state index in [2.05, 4.69) is 13.2 Å². The zero-order chi connectivity index (χ0) is 13.7. The summed E-state index contributed by atoms with van der Waals surface area (Å²) in [5.41, 5.74) is 8.12. The van der Waals surface area contributed by atoms with Crippen molar-refractivity contribution in [1.82, 2.24) is 0 Å². The number of carbonyl (C=O) groups excluding carboxylic acids is 1. The summed E-state index contributed by atoms with van der Waals surface area (Å²) in [5.74, 6) is -0.195. The molecule has 2 rings (SSSR count). The third-order valence-corrected chi connectivity index (χ3v) is 3.88. The molecule has 0 spiro atoms. The van der Waals surface area contributed by atoms with Gasteiger partial charge < -0.3 is 0 Å². The minimum absolute atomic E-state index is 0.107. The van der Waals surface area contributed by atoms with Gasteiger partial charge in [-0.1, -0.05) is 0 Å². The molecule has 0 saturated carbocycles. The van der Waals surface area contributed by atoms with E-state index < -0.39 is 6.04 Å². The Hall–Kier alpha value is -1.27. The second kappa shape index (κ2) is 6.77. The molecule has 1 aliphatic rings. The molecule has 1 heterocycles. The maximum absolute atomic E-state index is 12.0. The van der Waals surface area contributed by atoms with Crippen LogP contribution in [0.2, 0.25) is 0 Å². The second-order valence-corrected chi connectivity index (χ2v) is 5.28. The fourth-order valence-corrected chi connectivity index (χ4v) is 2.86. The molecule has 0 aliphatic carbocycles. The van der Waals surface area contributed by atoms with E-state index >= 15 is 0 Å². The molecule has 1 aliphatic heterocycles. The Bertz CT molecular complexity index is 541. The van der Waals surface area contributed by atoms with E-state index in [1.807, 2.05) is 18.2 Å². The van der Waals surface area contributed by atoms with Gasteiger partial charge >= 0.3 is 117 Å². The number of nitrogens with one attached hydrogen (secondary N) is 1. The van der Waals surface area contributed by atoms with Gasteiger partial charge in [0.15, 0.2) is 0 Å². The van der Waals surface area contributed by atoms with E-state index in [0.29, 0.717) is 18.7 Å². The molecule has 1 atom stereocenters. The number of carbonyl (C=O) groups is 1. The molecule has 1 aromatic carbocycles. The zero-order valence-electron chi connectivity index (χ0n) is 10.6. The summed E-state index contributed by atoms with van der Waals surface area (Å²) in [6, 6.07) is 5.03. The standard InChI is InChI=1S/C12H16N4O2Se/c1-18-7-3-4-8(13)12(17)14-9-5-2-6-10-11(9)16-19-15-10/h2,5-6,8H,3-4,7,13H2,1H3,(H,14,17). The van der Waals surface area contributed by atoms with Crippen LogP contribution in [0.4, 0.5) is 17.1 Å². The Morgan fingerprint density at radius 3 is 3.16 bits per heavy atom. The van der Waals surface area contributed by atoms with Crippen LogP contribution in [0.5, 0.6) is 0 Å². The molecule has 6 nitrogen and oxygen atoms in total.